The van der Waals surface area contributed by atoms with Crippen molar-refractivity contribution in [2.24, 2.45) is 0 Å². The molecule has 0 aromatic carbocycles. The quantitative estimate of drug-likeness (QED) is 0.846. The molecular weight excluding hydrogens is 228 g/mol. The van der Waals surface area contributed by atoms with E-state index in [1.807, 2.05) is 7.05 Å². The summed E-state index contributed by atoms with van der Waals surface area (Å²) in [6.07, 6.45) is 2.89. The highest BCUT2D eigenvalue weighted by molar-refractivity contribution is 7.91. The second kappa shape index (κ2) is 4.55. The lowest BCUT2D eigenvalue weighted by atomic mass is 10.0. The highest BCUT2D eigenvalue weighted by Crippen LogP contribution is 2.28. The van der Waals surface area contributed by atoms with E-state index in [2.05, 4.69) is 10.3 Å². The molecule has 0 aliphatic carbocycles. The molecule has 1 aromatic heterocycles. The van der Waals surface area contributed by atoms with E-state index in [9.17, 15) is 8.42 Å². The summed E-state index contributed by atoms with van der Waals surface area (Å²) in [7, 11) is -0.960. The maximum Gasteiger partial charge on any atom is 0.197 e. The van der Waals surface area contributed by atoms with Gasteiger partial charge in [0.05, 0.1) is 17.2 Å². The fourth-order valence-electron chi connectivity index (χ4n) is 1.91. The van der Waals surface area contributed by atoms with E-state index < -0.39 is 9.84 Å². The van der Waals surface area contributed by atoms with Crippen molar-refractivity contribution in [3.8, 4) is 0 Å². The zero-order chi connectivity index (χ0) is 11.6. The zero-order valence-corrected chi connectivity index (χ0v) is 10.1. The third-order valence-electron chi connectivity index (χ3n) is 2.83. The third kappa shape index (κ3) is 2.62. The lowest BCUT2D eigenvalue weighted by Gasteiger charge is -2.18. The van der Waals surface area contributed by atoms with Crippen molar-refractivity contribution in [2.75, 3.05) is 18.6 Å². The van der Waals surface area contributed by atoms with Gasteiger partial charge in [0.2, 0.25) is 0 Å². The minimum Gasteiger partial charge on any atom is -0.448 e. The number of hydrogen-bond donors (Lipinski definition) is 1. The first-order chi connectivity index (χ1) is 7.61. The molecule has 1 aliphatic rings. The van der Waals surface area contributed by atoms with E-state index in [0.29, 0.717) is 25.3 Å². The maximum atomic E-state index is 11.3. The van der Waals surface area contributed by atoms with Crippen LogP contribution in [0, 0.1) is 0 Å². The van der Waals surface area contributed by atoms with Crippen LogP contribution in [0.4, 0.5) is 0 Å². The van der Waals surface area contributed by atoms with Crippen molar-refractivity contribution < 1.29 is 12.8 Å². The van der Waals surface area contributed by atoms with Crippen LogP contribution in [0.3, 0.4) is 0 Å². The summed E-state index contributed by atoms with van der Waals surface area (Å²) in [6.45, 7) is 0.675. The van der Waals surface area contributed by atoms with Gasteiger partial charge in [-0.05, 0) is 19.9 Å². The normalized spacial score (nSPS) is 21.1. The van der Waals surface area contributed by atoms with Crippen LogP contribution in [0.25, 0.3) is 0 Å². The Morgan fingerprint density at radius 1 is 1.50 bits per heavy atom. The van der Waals surface area contributed by atoms with Gasteiger partial charge in [0.15, 0.2) is 5.89 Å². The maximum absolute atomic E-state index is 11.3. The smallest absolute Gasteiger partial charge is 0.197 e. The molecule has 0 amide bonds. The monoisotopic (exact) mass is 244 g/mol. The van der Waals surface area contributed by atoms with Crippen molar-refractivity contribution in [1.82, 2.24) is 10.3 Å². The Labute approximate surface area is 95.2 Å². The minimum atomic E-state index is -2.81. The standard InChI is InChI=1S/C10H16N2O3S/c1-11-6-9-7-15-10(12-9)8-2-4-16(13,14)5-3-8/h7-8,11H,2-6H2,1H3. The van der Waals surface area contributed by atoms with Gasteiger partial charge in [-0.3, -0.25) is 0 Å². The molecule has 1 aliphatic heterocycles. The molecule has 1 N–H and O–H groups in total. The van der Waals surface area contributed by atoms with E-state index in [1.165, 1.54) is 0 Å². The number of nitrogens with one attached hydrogen (secondary N) is 1. The third-order valence-corrected chi connectivity index (χ3v) is 4.55. The van der Waals surface area contributed by atoms with E-state index in [0.717, 1.165) is 5.69 Å². The lowest BCUT2D eigenvalue weighted by Crippen LogP contribution is -2.22. The van der Waals surface area contributed by atoms with E-state index in [-0.39, 0.29) is 17.4 Å². The summed E-state index contributed by atoms with van der Waals surface area (Å²) in [5.41, 5.74) is 0.867. The van der Waals surface area contributed by atoms with Gasteiger partial charge in [0, 0.05) is 12.5 Å². The van der Waals surface area contributed by atoms with E-state index in [4.69, 9.17) is 4.42 Å². The molecule has 1 aromatic rings. The summed E-state index contributed by atoms with van der Waals surface area (Å²) in [5.74, 6) is 1.34. The molecule has 90 valence electrons. The summed E-state index contributed by atoms with van der Waals surface area (Å²) in [6, 6.07) is 0. The van der Waals surface area contributed by atoms with Gasteiger partial charge in [-0.15, -0.1) is 0 Å². The second-order valence-corrected chi connectivity index (χ2v) is 6.44. The highest BCUT2D eigenvalue weighted by Gasteiger charge is 2.27. The number of rotatable bonds is 3. The van der Waals surface area contributed by atoms with Crippen LogP contribution >= 0.6 is 0 Å². The first-order valence-corrected chi connectivity index (χ1v) is 7.22. The largest absolute Gasteiger partial charge is 0.448 e. The average molecular weight is 244 g/mol. The summed E-state index contributed by atoms with van der Waals surface area (Å²) in [4.78, 5) is 4.35. The Morgan fingerprint density at radius 2 is 2.19 bits per heavy atom. The molecule has 2 rings (SSSR count). The van der Waals surface area contributed by atoms with Crippen molar-refractivity contribution >= 4 is 9.84 Å². The first-order valence-electron chi connectivity index (χ1n) is 5.40. The van der Waals surface area contributed by atoms with Gasteiger partial charge >= 0.3 is 0 Å². The molecule has 0 radical (unpaired) electrons. The topological polar surface area (TPSA) is 72.2 Å². The molecule has 16 heavy (non-hydrogen) atoms. The molecule has 0 saturated carbocycles. The lowest BCUT2D eigenvalue weighted by molar-refractivity contribution is 0.423. The fraction of sp³-hybridized carbons (Fsp3) is 0.700. The summed E-state index contributed by atoms with van der Waals surface area (Å²) >= 11 is 0. The number of nitrogens with zero attached hydrogens (tertiary/aromatic N) is 1. The van der Waals surface area contributed by atoms with Crippen LogP contribution in [-0.2, 0) is 16.4 Å². The molecule has 0 spiro atoms. The molecule has 2 heterocycles. The highest BCUT2D eigenvalue weighted by atomic mass is 32.2. The van der Waals surface area contributed by atoms with Gasteiger partial charge in [0.1, 0.15) is 16.1 Å². The Morgan fingerprint density at radius 3 is 2.81 bits per heavy atom. The number of hydrogen-bond acceptors (Lipinski definition) is 5. The summed E-state index contributed by atoms with van der Waals surface area (Å²) in [5, 5.41) is 2.99. The van der Waals surface area contributed by atoms with Crippen LogP contribution in [0.5, 0.6) is 0 Å². The molecule has 0 atom stereocenters. The summed E-state index contributed by atoms with van der Waals surface area (Å²) < 4.78 is 27.9. The molecule has 1 saturated heterocycles. The van der Waals surface area contributed by atoms with Gasteiger partial charge in [0.25, 0.3) is 0 Å². The average Bonchev–Trinajstić information content (AvgIpc) is 2.67. The first kappa shape index (κ1) is 11.6. The van der Waals surface area contributed by atoms with Gasteiger partial charge in [-0.2, -0.15) is 0 Å². The van der Waals surface area contributed by atoms with Gasteiger partial charge < -0.3 is 9.73 Å². The molecule has 1 fully saturated rings. The zero-order valence-electron chi connectivity index (χ0n) is 9.27. The molecule has 0 bridgehead atoms. The Balaban J connectivity index is 2.02. The minimum absolute atomic E-state index is 0.161. The number of aromatic nitrogens is 1. The van der Waals surface area contributed by atoms with Crippen LogP contribution < -0.4 is 5.32 Å². The van der Waals surface area contributed by atoms with Crippen LogP contribution in [0.2, 0.25) is 0 Å². The predicted molar refractivity (Wildman–Crippen MR) is 59.9 cm³/mol. The SMILES string of the molecule is CNCc1coc(C2CCS(=O)(=O)CC2)n1. The van der Waals surface area contributed by atoms with Crippen molar-refractivity contribution in [1.29, 1.82) is 0 Å². The van der Waals surface area contributed by atoms with Gasteiger partial charge in [-0.1, -0.05) is 0 Å². The molecular formula is C10H16N2O3S. The number of sulfone groups is 1. The Kier molecular flexibility index (Phi) is 3.30. The van der Waals surface area contributed by atoms with Crippen molar-refractivity contribution in [3.63, 3.8) is 0 Å². The van der Waals surface area contributed by atoms with Crippen LogP contribution in [0.1, 0.15) is 30.3 Å². The van der Waals surface area contributed by atoms with Crippen LogP contribution in [-0.4, -0.2) is 32.0 Å². The molecule has 0 unspecified atom stereocenters. The van der Waals surface area contributed by atoms with E-state index >= 15 is 0 Å². The Bertz CT molecular complexity index is 438. The molecule has 5 nitrogen and oxygen atoms in total. The Hall–Kier alpha value is -0.880. The molecule has 6 heteroatoms. The second-order valence-electron chi connectivity index (χ2n) is 4.13. The van der Waals surface area contributed by atoms with Gasteiger partial charge in [-0.25, -0.2) is 13.4 Å². The van der Waals surface area contributed by atoms with Crippen LogP contribution in [0.15, 0.2) is 10.7 Å². The van der Waals surface area contributed by atoms with Crippen molar-refractivity contribution in [3.05, 3.63) is 17.8 Å². The predicted octanol–water partition coefficient (Wildman–Crippen LogP) is 0.686. The number of oxazole rings is 1. The van der Waals surface area contributed by atoms with E-state index in [1.54, 1.807) is 6.26 Å². The fourth-order valence-corrected chi connectivity index (χ4v) is 3.40. The van der Waals surface area contributed by atoms with Crippen molar-refractivity contribution in [2.45, 2.75) is 25.3 Å².